The molecule has 0 bridgehead atoms. The summed E-state index contributed by atoms with van der Waals surface area (Å²) in [5.41, 5.74) is 3.15. The van der Waals surface area contributed by atoms with E-state index < -0.39 is 5.91 Å². The van der Waals surface area contributed by atoms with Crippen LogP contribution in [0.5, 0.6) is 11.5 Å². The number of carbonyl (C=O) groups excluding carboxylic acids is 1. The van der Waals surface area contributed by atoms with E-state index in [9.17, 15) is 10.1 Å². The van der Waals surface area contributed by atoms with E-state index in [2.05, 4.69) is 18.5 Å². The van der Waals surface area contributed by atoms with Crippen molar-refractivity contribution in [2.45, 2.75) is 20.3 Å². The van der Waals surface area contributed by atoms with Crippen molar-refractivity contribution < 1.29 is 14.3 Å². The monoisotopic (exact) mass is 402 g/mol. The van der Waals surface area contributed by atoms with E-state index in [0.717, 1.165) is 11.1 Å². The van der Waals surface area contributed by atoms with Gasteiger partial charge in [-0.25, -0.2) is 0 Å². The molecule has 0 heterocycles. The number of nitriles is 1. The van der Waals surface area contributed by atoms with Gasteiger partial charge in [-0.1, -0.05) is 30.9 Å². The van der Waals surface area contributed by atoms with E-state index in [1.807, 2.05) is 44.2 Å². The lowest BCUT2D eigenvalue weighted by atomic mass is 10.0. The fraction of sp³-hybridized carbons (Fsp3) is 0.200. The average Bonchev–Trinajstić information content (AvgIpc) is 2.72. The lowest BCUT2D eigenvalue weighted by molar-refractivity contribution is -0.112. The third-order valence-corrected chi connectivity index (χ3v) is 4.12. The largest absolute Gasteiger partial charge is 0.490 e. The van der Waals surface area contributed by atoms with Gasteiger partial charge < -0.3 is 14.8 Å². The Labute approximate surface area is 177 Å². The molecule has 0 atom stereocenters. The second-order valence-electron chi connectivity index (χ2n) is 6.53. The molecule has 2 aromatic rings. The fourth-order valence-corrected chi connectivity index (χ4v) is 2.88. The number of carbonyl (C=O) groups is 1. The van der Waals surface area contributed by atoms with Gasteiger partial charge in [0.1, 0.15) is 18.2 Å². The minimum Gasteiger partial charge on any atom is -0.490 e. The Bertz CT molecular complexity index is 1000. The van der Waals surface area contributed by atoms with Crippen molar-refractivity contribution in [1.29, 1.82) is 5.26 Å². The number of hydrogen-bond donors (Lipinski definition) is 1. The number of aryl methyl sites for hydroxylation is 1. The molecule has 5 heteroatoms. The van der Waals surface area contributed by atoms with Crippen LogP contribution in [0.2, 0.25) is 0 Å². The van der Waals surface area contributed by atoms with Gasteiger partial charge in [-0.2, -0.15) is 5.26 Å². The SMILES string of the molecule is C=CCOc1c(CC=C)cc(/C=C(\C#N)C(=O)Nc2cccc(C)c2)cc1OCC. The number of anilines is 1. The zero-order chi connectivity index (χ0) is 21.9. The number of amides is 1. The number of nitrogens with one attached hydrogen (secondary N) is 1. The van der Waals surface area contributed by atoms with Crippen LogP contribution in [0.3, 0.4) is 0 Å². The lowest BCUT2D eigenvalue weighted by Gasteiger charge is -2.16. The van der Waals surface area contributed by atoms with E-state index >= 15 is 0 Å². The van der Waals surface area contributed by atoms with Crippen molar-refractivity contribution in [1.82, 2.24) is 0 Å². The van der Waals surface area contributed by atoms with E-state index in [0.29, 0.717) is 42.4 Å². The summed E-state index contributed by atoms with van der Waals surface area (Å²) in [4.78, 5) is 12.6. The Hall–Kier alpha value is -3.78. The molecule has 2 aromatic carbocycles. The second kappa shape index (κ2) is 11.3. The van der Waals surface area contributed by atoms with Gasteiger partial charge in [-0.05, 0) is 61.7 Å². The first-order valence-electron chi connectivity index (χ1n) is 9.66. The summed E-state index contributed by atoms with van der Waals surface area (Å²) in [6.45, 7) is 12.1. The average molecular weight is 402 g/mol. The van der Waals surface area contributed by atoms with Gasteiger partial charge >= 0.3 is 0 Å². The Balaban J connectivity index is 2.42. The minimum absolute atomic E-state index is 0.0109. The first kappa shape index (κ1) is 22.5. The summed E-state index contributed by atoms with van der Waals surface area (Å²) in [5.74, 6) is 0.677. The Morgan fingerprint density at radius 1 is 1.20 bits per heavy atom. The van der Waals surface area contributed by atoms with Crippen LogP contribution >= 0.6 is 0 Å². The molecule has 0 spiro atoms. The highest BCUT2D eigenvalue weighted by atomic mass is 16.5. The predicted octanol–water partition coefficient (Wildman–Crippen LogP) is 5.23. The molecule has 0 aromatic heterocycles. The highest BCUT2D eigenvalue weighted by Gasteiger charge is 2.15. The highest BCUT2D eigenvalue weighted by Crippen LogP contribution is 2.34. The molecule has 1 N–H and O–H groups in total. The molecule has 154 valence electrons. The normalized spacial score (nSPS) is 10.6. The summed E-state index contributed by atoms with van der Waals surface area (Å²) in [6, 6.07) is 13.0. The number of benzene rings is 2. The van der Waals surface area contributed by atoms with E-state index in [1.54, 1.807) is 24.3 Å². The second-order valence-corrected chi connectivity index (χ2v) is 6.53. The highest BCUT2D eigenvalue weighted by molar-refractivity contribution is 6.09. The van der Waals surface area contributed by atoms with Gasteiger partial charge in [0.25, 0.3) is 5.91 Å². The van der Waals surface area contributed by atoms with Crippen molar-refractivity contribution in [3.63, 3.8) is 0 Å². The van der Waals surface area contributed by atoms with Crippen LogP contribution in [0.15, 0.2) is 67.3 Å². The van der Waals surface area contributed by atoms with Gasteiger partial charge in [0, 0.05) is 11.3 Å². The van der Waals surface area contributed by atoms with Crippen molar-refractivity contribution in [2.75, 3.05) is 18.5 Å². The van der Waals surface area contributed by atoms with Gasteiger partial charge in [-0.15, -0.1) is 6.58 Å². The number of nitrogens with zero attached hydrogens (tertiary/aromatic N) is 1. The van der Waals surface area contributed by atoms with Crippen molar-refractivity contribution in [3.8, 4) is 17.6 Å². The van der Waals surface area contributed by atoms with Crippen molar-refractivity contribution >= 4 is 17.7 Å². The van der Waals surface area contributed by atoms with Gasteiger partial charge in [0.15, 0.2) is 11.5 Å². The molecule has 0 aliphatic heterocycles. The van der Waals surface area contributed by atoms with Crippen LogP contribution in [0, 0.1) is 18.3 Å². The molecule has 0 aliphatic carbocycles. The summed E-state index contributed by atoms with van der Waals surface area (Å²) in [6.07, 6.45) is 5.50. The number of hydrogen-bond acceptors (Lipinski definition) is 4. The Morgan fingerprint density at radius 3 is 2.63 bits per heavy atom. The third kappa shape index (κ3) is 6.11. The van der Waals surface area contributed by atoms with Crippen molar-refractivity contribution in [2.24, 2.45) is 0 Å². The Morgan fingerprint density at radius 2 is 2.00 bits per heavy atom. The maximum Gasteiger partial charge on any atom is 0.266 e. The standard InChI is InChI=1S/C25H26N2O3/c1-5-9-20-14-19(16-23(29-7-3)24(20)30-12-6-2)15-21(17-26)25(28)27-22-11-8-10-18(4)13-22/h5-6,8,10-11,13-16H,1-2,7,9,12H2,3-4H3,(H,27,28)/b21-15+. The fourth-order valence-electron chi connectivity index (χ4n) is 2.88. The molecule has 0 unspecified atom stereocenters. The van der Waals surface area contributed by atoms with E-state index in [1.165, 1.54) is 6.08 Å². The van der Waals surface area contributed by atoms with Crippen LogP contribution in [0.1, 0.15) is 23.6 Å². The maximum atomic E-state index is 12.6. The molecule has 2 rings (SSSR count). The van der Waals surface area contributed by atoms with Crippen molar-refractivity contribution in [3.05, 3.63) is 84.0 Å². The van der Waals surface area contributed by atoms with E-state index in [-0.39, 0.29) is 5.57 Å². The quantitative estimate of drug-likeness (QED) is 0.335. The zero-order valence-electron chi connectivity index (χ0n) is 17.4. The number of rotatable bonds is 10. The summed E-state index contributed by atoms with van der Waals surface area (Å²) >= 11 is 0. The molecular formula is C25H26N2O3. The van der Waals surface area contributed by atoms with Gasteiger partial charge in [0.2, 0.25) is 0 Å². The van der Waals surface area contributed by atoms with Crippen LogP contribution in [-0.2, 0) is 11.2 Å². The van der Waals surface area contributed by atoms with Crippen LogP contribution in [0.4, 0.5) is 5.69 Å². The molecular weight excluding hydrogens is 376 g/mol. The zero-order valence-corrected chi connectivity index (χ0v) is 17.4. The molecule has 5 nitrogen and oxygen atoms in total. The molecule has 0 fully saturated rings. The molecule has 30 heavy (non-hydrogen) atoms. The Kier molecular flexibility index (Phi) is 8.46. The smallest absolute Gasteiger partial charge is 0.266 e. The summed E-state index contributed by atoms with van der Waals surface area (Å²) in [7, 11) is 0. The minimum atomic E-state index is -0.474. The number of allylic oxidation sites excluding steroid dienone is 1. The molecule has 0 aliphatic rings. The first-order valence-corrected chi connectivity index (χ1v) is 9.66. The van der Waals surface area contributed by atoms with E-state index in [4.69, 9.17) is 9.47 Å². The van der Waals surface area contributed by atoms with Crippen LogP contribution < -0.4 is 14.8 Å². The molecule has 0 saturated heterocycles. The number of ether oxygens (including phenoxy) is 2. The van der Waals surface area contributed by atoms with Gasteiger partial charge in [0.05, 0.1) is 6.61 Å². The lowest BCUT2D eigenvalue weighted by Crippen LogP contribution is -2.13. The summed E-state index contributed by atoms with van der Waals surface area (Å²) < 4.78 is 11.5. The topological polar surface area (TPSA) is 71.3 Å². The summed E-state index contributed by atoms with van der Waals surface area (Å²) in [5, 5.41) is 12.3. The van der Waals surface area contributed by atoms with Crippen LogP contribution in [-0.4, -0.2) is 19.1 Å². The molecule has 0 saturated carbocycles. The van der Waals surface area contributed by atoms with Gasteiger partial charge in [-0.3, -0.25) is 4.79 Å². The molecule has 1 amide bonds. The predicted molar refractivity (Wildman–Crippen MR) is 121 cm³/mol. The maximum absolute atomic E-state index is 12.6. The third-order valence-electron chi connectivity index (χ3n) is 4.12. The van der Waals surface area contributed by atoms with Crippen LogP contribution in [0.25, 0.3) is 6.08 Å². The molecule has 0 radical (unpaired) electrons. The first-order chi connectivity index (χ1) is 14.5.